The van der Waals surface area contributed by atoms with Gasteiger partial charge in [-0.2, -0.15) is 0 Å². The average molecular weight is 327 g/mol. The van der Waals surface area contributed by atoms with Crippen LogP contribution < -0.4 is 16.6 Å². The van der Waals surface area contributed by atoms with Crippen molar-refractivity contribution in [2.45, 2.75) is 50.2 Å². The molecule has 0 bridgehead atoms. The minimum Gasteiger partial charge on any atom is -0.402 e. The maximum absolute atomic E-state index is 10.5. The molecule has 3 unspecified atom stereocenters. The average Bonchev–Trinajstić information content (AvgIpc) is 3.25. The maximum Gasteiger partial charge on any atom is 0.0684 e. The second kappa shape index (κ2) is 8.47. The van der Waals surface area contributed by atoms with E-state index in [1.807, 2.05) is 6.07 Å². The van der Waals surface area contributed by atoms with Gasteiger partial charge in [-0.05, 0) is 49.5 Å². The molecule has 0 spiro atoms. The highest BCUT2D eigenvalue weighted by Crippen LogP contribution is 2.38. The largest absolute Gasteiger partial charge is 0.402 e. The third-order valence-corrected chi connectivity index (χ3v) is 5.16. The summed E-state index contributed by atoms with van der Waals surface area (Å²) in [6.07, 6.45) is 11.0. The Bertz CT molecular complexity index is 562. The van der Waals surface area contributed by atoms with Gasteiger partial charge in [-0.25, -0.2) is 0 Å². The van der Waals surface area contributed by atoms with Crippen molar-refractivity contribution in [3.05, 3.63) is 59.8 Å². The fourth-order valence-corrected chi connectivity index (χ4v) is 3.81. The van der Waals surface area contributed by atoms with E-state index in [-0.39, 0.29) is 6.10 Å². The Balaban J connectivity index is 1.53. The molecule has 0 saturated heterocycles. The number of rotatable bonds is 8. The molecule has 2 aliphatic carbocycles. The van der Waals surface area contributed by atoms with Gasteiger partial charge in [-0.15, -0.1) is 0 Å². The van der Waals surface area contributed by atoms with Crippen molar-refractivity contribution >= 4 is 0 Å². The van der Waals surface area contributed by atoms with E-state index >= 15 is 0 Å². The van der Waals surface area contributed by atoms with Crippen LogP contribution in [0.5, 0.6) is 0 Å². The highest BCUT2D eigenvalue weighted by molar-refractivity contribution is 5.23. The number of hydrogen-bond donors (Lipinski definition) is 4. The van der Waals surface area contributed by atoms with Crippen LogP contribution in [0.15, 0.2) is 54.3 Å². The van der Waals surface area contributed by atoms with Crippen molar-refractivity contribution < 1.29 is 5.11 Å². The molecule has 2 aliphatic rings. The Morgan fingerprint density at radius 1 is 1.12 bits per heavy atom. The monoisotopic (exact) mass is 327 g/mol. The Labute approximate surface area is 144 Å². The summed E-state index contributed by atoms with van der Waals surface area (Å²) in [7, 11) is 0. The van der Waals surface area contributed by atoms with Gasteiger partial charge in [0.25, 0.3) is 0 Å². The molecule has 0 aliphatic heterocycles. The quantitative estimate of drug-likeness (QED) is 0.437. The maximum atomic E-state index is 10.5. The summed E-state index contributed by atoms with van der Waals surface area (Å²) < 4.78 is 0. The summed E-state index contributed by atoms with van der Waals surface area (Å²) in [6, 6.07) is 11.0. The number of hydrogen-bond acceptors (Lipinski definition) is 4. The lowest BCUT2D eigenvalue weighted by Crippen LogP contribution is -2.43. The first kappa shape index (κ1) is 17.2. The lowest BCUT2D eigenvalue weighted by Gasteiger charge is -2.27. The van der Waals surface area contributed by atoms with Gasteiger partial charge in [0.2, 0.25) is 0 Å². The number of aliphatic hydroxyl groups is 1. The predicted octanol–water partition coefficient (Wildman–Crippen LogP) is 2.59. The molecule has 0 aromatic heterocycles. The molecule has 1 aromatic carbocycles. The minimum absolute atomic E-state index is 0.341. The van der Waals surface area contributed by atoms with Crippen molar-refractivity contribution in [2.24, 2.45) is 11.7 Å². The van der Waals surface area contributed by atoms with Crippen LogP contribution in [0.1, 0.15) is 43.6 Å². The van der Waals surface area contributed by atoms with E-state index in [9.17, 15) is 5.11 Å². The molecule has 0 heterocycles. The van der Waals surface area contributed by atoms with E-state index in [4.69, 9.17) is 5.73 Å². The summed E-state index contributed by atoms with van der Waals surface area (Å²) >= 11 is 0. The van der Waals surface area contributed by atoms with Gasteiger partial charge in [0.15, 0.2) is 0 Å². The number of nitrogens with one attached hydrogen (secondary N) is 2. The first-order chi connectivity index (χ1) is 11.7. The van der Waals surface area contributed by atoms with E-state index in [0.29, 0.717) is 24.4 Å². The summed E-state index contributed by atoms with van der Waals surface area (Å²) in [6.45, 7) is 0.565. The summed E-state index contributed by atoms with van der Waals surface area (Å²) in [4.78, 5) is 0. The van der Waals surface area contributed by atoms with Crippen molar-refractivity contribution in [2.75, 3.05) is 6.54 Å². The van der Waals surface area contributed by atoms with Gasteiger partial charge < -0.3 is 10.8 Å². The number of aliphatic hydroxyl groups excluding tert-OH is 1. The first-order valence-corrected chi connectivity index (χ1v) is 9.03. The molecule has 0 fully saturated rings. The van der Waals surface area contributed by atoms with Gasteiger partial charge >= 0.3 is 0 Å². The third kappa shape index (κ3) is 4.69. The van der Waals surface area contributed by atoms with Gasteiger partial charge in [0.05, 0.1) is 6.10 Å². The zero-order valence-electron chi connectivity index (χ0n) is 14.2. The van der Waals surface area contributed by atoms with Crippen molar-refractivity contribution in [1.82, 2.24) is 10.9 Å². The first-order valence-electron chi connectivity index (χ1n) is 9.03. The van der Waals surface area contributed by atoms with E-state index in [1.165, 1.54) is 5.56 Å². The van der Waals surface area contributed by atoms with Gasteiger partial charge in [-0.3, -0.25) is 10.9 Å². The molecule has 0 radical (unpaired) electrons. The van der Waals surface area contributed by atoms with Crippen LogP contribution in [0.4, 0.5) is 0 Å². The molecule has 4 nitrogen and oxygen atoms in total. The van der Waals surface area contributed by atoms with E-state index < -0.39 is 0 Å². The van der Waals surface area contributed by atoms with Crippen LogP contribution in [-0.2, 0) is 0 Å². The lowest BCUT2D eigenvalue weighted by atomic mass is 9.80. The standard InChI is InChI=1S/C20H29N3O/c21-17-11-10-16(12-17)20(15-6-2-1-3-7-15)13-19(24)14-22-23-18-8-4-5-9-18/h1-7,11,16,18-20,22-24H,8-10,12-14,21H2. The molecule has 1 aromatic rings. The van der Waals surface area contributed by atoms with Crippen LogP contribution in [0.25, 0.3) is 0 Å². The van der Waals surface area contributed by atoms with Crippen LogP contribution >= 0.6 is 0 Å². The van der Waals surface area contributed by atoms with E-state index in [2.05, 4.69) is 53.3 Å². The lowest BCUT2D eigenvalue weighted by molar-refractivity contribution is 0.136. The SMILES string of the molecule is NC1=CCC(C(CC(O)CNNC2CC=CC2)c2ccccc2)C1. The van der Waals surface area contributed by atoms with Crippen LogP contribution in [0.2, 0.25) is 0 Å². The summed E-state index contributed by atoms with van der Waals surface area (Å²) in [5.41, 5.74) is 14.8. The normalized spacial score (nSPS) is 23.4. The zero-order valence-corrected chi connectivity index (χ0v) is 14.2. The smallest absolute Gasteiger partial charge is 0.0684 e. The minimum atomic E-state index is -0.376. The molecular weight excluding hydrogens is 298 g/mol. The predicted molar refractivity (Wildman–Crippen MR) is 98.1 cm³/mol. The molecule has 3 atom stereocenters. The molecule has 0 saturated carbocycles. The van der Waals surface area contributed by atoms with Crippen LogP contribution in [0, 0.1) is 5.92 Å². The molecule has 4 heteroatoms. The molecule has 130 valence electrons. The molecule has 24 heavy (non-hydrogen) atoms. The Morgan fingerprint density at radius 2 is 1.88 bits per heavy atom. The summed E-state index contributed by atoms with van der Waals surface area (Å²) in [5.74, 6) is 0.836. The van der Waals surface area contributed by atoms with Crippen molar-refractivity contribution in [3.63, 3.8) is 0 Å². The Kier molecular flexibility index (Phi) is 6.07. The molecule has 0 amide bonds. The second-order valence-corrected chi connectivity index (χ2v) is 7.05. The molecular formula is C20H29N3O. The van der Waals surface area contributed by atoms with Gasteiger partial charge in [0, 0.05) is 18.3 Å². The molecule has 3 rings (SSSR count). The fourth-order valence-electron chi connectivity index (χ4n) is 3.81. The number of benzene rings is 1. The van der Waals surface area contributed by atoms with Gasteiger partial charge in [-0.1, -0.05) is 48.6 Å². The van der Waals surface area contributed by atoms with Crippen LogP contribution in [0.3, 0.4) is 0 Å². The Morgan fingerprint density at radius 3 is 2.54 bits per heavy atom. The fraction of sp³-hybridized carbons (Fsp3) is 0.500. The number of hydrazine groups is 1. The van der Waals surface area contributed by atoms with Crippen LogP contribution in [-0.4, -0.2) is 23.8 Å². The number of nitrogens with two attached hydrogens (primary N) is 1. The summed E-state index contributed by atoms with van der Waals surface area (Å²) in [5, 5.41) is 10.5. The van der Waals surface area contributed by atoms with E-state index in [1.54, 1.807) is 0 Å². The van der Waals surface area contributed by atoms with Gasteiger partial charge in [0.1, 0.15) is 0 Å². The highest BCUT2D eigenvalue weighted by atomic mass is 16.3. The highest BCUT2D eigenvalue weighted by Gasteiger charge is 2.28. The number of allylic oxidation sites excluding steroid dienone is 2. The molecule has 5 N–H and O–H groups in total. The van der Waals surface area contributed by atoms with Crippen molar-refractivity contribution in [3.8, 4) is 0 Å². The second-order valence-electron chi connectivity index (χ2n) is 7.05. The zero-order chi connectivity index (χ0) is 16.8. The Hall–Kier alpha value is -1.62. The van der Waals surface area contributed by atoms with E-state index in [0.717, 1.165) is 37.8 Å². The third-order valence-electron chi connectivity index (χ3n) is 5.16. The topological polar surface area (TPSA) is 70.3 Å². The van der Waals surface area contributed by atoms with Crippen molar-refractivity contribution in [1.29, 1.82) is 0 Å².